The van der Waals surface area contributed by atoms with Crippen LogP contribution < -0.4 is 0 Å². The van der Waals surface area contributed by atoms with Gasteiger partial charge in [0.2, 0.25) is 0 Å². The molecule has 0 bridgehead atoms. The monoisotopic (exact) mass is 302 g/mol. The molecule has 0 amide bonds. The standard InChI is InChI=1S/C21H34O/c1-4-14-9-11-17-16-10-8-15-6-5-7-19(22)21(15,3)18(16)12-13-20(14,17)2/h4,14-19,22H,1,5-13H2,2-3H3/t14-,15?,16-,17-,18-,19?,20+,21-/m0/s1. The molecule has 22 heavy (non-hydrogen) atoms. The summed E-state index contributed by atoms with van der Waals surface area (Å²) in [5, 5.41) is 10.9. The van der Waals surface area contributed by atoms with Crippen molar-refractivity contribution in [3.05, 3.63) is 12.7 Å². The highest BCUT2D eigenvalue weighted by molar-refractivity contribution is 5.12. The second-order valence-corrected chi connectivity index (χ2v) is 9.43. The molecule has 4 rings (SSSR count). The molecule has 0 aromatic rings. The van der Waals surface area contributed by atoms with Crippen molar-refractivity contribution < 1.29 is 5.11 Å². The third kappa shape index (κ3) is 1.81. The van der Waals surface area contributed by atoms with E-state index in [1.807, 2.05) is 0 Å². The lowest BCUT2D eigenvalue weighted by Crippen LogP contribution is -2.57. The Morgan fingerprint density at radius 3 is 2.55 bits per heavy atom. The molecule has 124 valence electrons. The Morgan fingerprint density at radius 2 is 1.77 bits per heavy atom. The van der Waals surface area contributed by atoms with Crippen molar-refractivity contribution in [2.75, 3.05) is 0 Å². The van der Waals surface area contributed by atoms with Crippen molar-refractivity contribution in [2.24, 2.45) is 40.4 Å². The fourth-order valence-corrected chi connectivity index (χ4v) is 7.74. The first-order chi connectivity index (χ1) is 10.5. The van der Waals surface area contributed by atoms with E-state index in [1.54, 1.807) is 0 Å². The average molecular weight is 303 g/mol. The molecule has 4 aliphatic carbocycles. The summed E-state index contributed by atoms with van der Waals surface area (Å²) < 4.78 is 0. The highest BCUT2D eigenvalue weighted by Crippen LogP contribution is 2.67. The quantitative estimate of drug-likeness (QED) is 0.661. The molecule has 0 saturated heterocycles. The van der Waals surface area contributed by atoms with Gasteiger partial charge in [0.1, 0.15) is 0 Å². The molecule has 0 spiro atoms. The molecule has 0 aromatic heterocycles. The molecular weight excluding hydrogens is 268 g/mol. The number of hydrogen-bond acceptors (Lipinski definition) is 1. The topological polar surface area (TPSA) is 20.2 Å². The van der Waals surface area contributed by atoms with Crippen LogP contribution in [0.4, 0.5) is 0 Å². The second-order valence-electron chi connectivity index (χ2n) is 9.43. The number of allylic oxidation sites excluding steroid dienone is 1. The van der Waals surface area contributed by atoms with E-state index in [0.29, 0.717) is 5.41 Å². The molecule has 1 nitrogen and oxygen atoms in total. The molecule has 4 saturated carbocycles. The summed E-state index contributed by atoms with van der Waals surface area (Å²) in [7, 11) is 0. The van der Waals surface area contributed by atoms with Gasteiger partial charge in [-0.15, -0.1) is 6.58 Å². The largest absolute Gasteiger partial charge is 0.393 e. The van der Waals surface area contributed by atoms with E-state index in [4.69, 9.17) is 0 Å². The number of fused-ring (bicyclic) bond motifs is 5. The van der Waals surface area contributed by atoms with E-state index in [0.717, 1.165) is 36.0 Å². The molecule has 0 aliphatic heterocycles. The van der Waals surface area contributed by atoms with Gasteiger partial charge in [0.15, 0.2) is 0 Å². The van der Waals surface area contributed by atoms with Crippen LogP contribution in [0.2, 0.25) is 0 Å². The number of hydrogen-bond donors (Lipinski definition) is 1. The van der Waals surface area contributed by atoms with E-state index in [-0.39, 0.29) is 11.5 Å². The van der Waals surface area contributed by atoms with Crippen LogP contribution in [0.25, 0.3) is 0 Å². The Morgan fingerprint density at radius 1 is 0.955 bits per heavy atom. The first-order valence-electron chi connectivity index (χ1n) is 9.82. The van der Waals surface area contributed by atoms with Gasteiger partial charge in [0.25, 0.3) is 0 Å². The minimum atomic E-state index is -0.0417. The summed E-state index contributed by atoms with van der Waals surface area (Å²) in [6, 6.07) is 0. The van der Waals surface area contributed by atoms with Crippen molar-refractivity contribution in [3.8, 4) is 0 Å². The normalized spacial score (nSPS) is 57.6. The maximum Gasteiger partial charge on any atom is 0.0599 e. The lowest BCUT2D eigenvalue weighted by Gasteiger charge is -2.61. The number of rotatable bonds is 1. The van der Waals surface area contributed by atoms with Crippen molar-refractivity contribution >= 4 is 0 Å². The van der Waals surface area contributed by atoms with Crippen LogP contribution in [0.3, 0.4) is 0 Å². The molecule has 0 radical (unpaired) electrons. The van der Waals surface area contributed by atoms with E-state index in [1.165, 1.54) is 51.4 Å². The Hall–Kier alpha value is -0.300. The second kappa shape index (κ2) is 5.10. The molecule has 8 atom stereocenters. The van der Waals surface area contributed by atoms with E-state index >= 15 is 0 Å². The summed E-state index contributed by atoms with van der Waals surface area (Å²) in [5.74, 6) is 4.07. The van der Waals surface area contributed by atoms with Gasteiger partial charge in [0, 0.05) is 0 Å². The summed E-state index contributed by atoms with van der Waals surface area (Å²) in [6.07, 6.45) is 14.2. The van der Waals surface area contributed by atoms with Gasteiger partial charge >= 0.3 is 0 Å². The summed E-state index contributed by atoms with van der Waals surface area (Å²) in [5.41, 5.74) is 0.723. The Labute approximate surface area is 136 Å². The van der Waals surface area contributed by atoms with Crippen LogP contribution in [-0.2, 0) is 0 Å². The van der Waals surface area contributed by atoms with Crippen molar-refractivity contribution in [3.63, 3.8) is 0 Å². The fraction of sp³-hybridized carbons (Fsp3) is 0.905. The predicted molar refractivity (Wildman–Crippen MR) is 91.4 cm³/mol. The van der Waals surface area contributed by atoms with Crippen LogP contribution in [0, 0.1) is 40.4 Å². The Bertz CT molecular complexity index is 457. The van der Waals surface area contributed by atoms with Crippen LogP contribution in [0.15, 0.2) is 12.7 Å². The van der Waals surface area contributed by atoms with Crippen LogP contribution in [0.5, 0.6) is 0 Å². The van der Waals surface area contributed by atoms with Gasteiger partial charge in [-0.2, -0.15) is 0 Å². The molecule has 4 aliphatic rings. The van der Waals surface area contributed by atoms with Gasteiger partial charge in [0.05, 0.1) is 6.10 Å². The van der Waals surface area contributed by atoms with Crippen molar-refractivity contribution in [1.29, 1.82) is 0 Å². The lowest BCUT2D eigenvalue weighted by atomic mass is 9.44. The van der Waals surface area contributed by atoms with Gasteiger partial charge in [-0.25, -0.2) is 0 Å². The summed E-state index contributed by atoms with van der Waals surface area (Å²) >= 11 is 0. The molecule has 1 heteroatoms. The Kier molecular flexibility index (Phi) is 3.53. The predicted octanol–water partition coefficient (Wildman–Crippen LogP) is 5.19. The van der Waals surface area contributed by atoms with Crippen LogP contribution in [-0.4, -0.2) is 11.2 Å². The van der Waals surface area contributed by atoms with Crippen LogP contribution in [0.1, 0.15) is 71.6 Å². The van der Waals surface area contributed by atoms with E-state index in [9.17, 15) is 5.11 Å². The zero-order chi connectivity index (χ0) is 15.5. The maximum absolute atomic E-state index is 10.9. The first-order valence-corrected chi connectivity index (χ1v) is 9.82. The number of aliphatic hydroxyl groups is 1. The molecule has 0 aromatic carbocycles. The van der Waals surface area contributed by atoms with Gasteiger partial charge in [-0.05, 0) is 91.8 Å². The molecular formula is C21H34O. The minimum Gasteiger partial charge on any atom is -0.393 e. The van der Waals surface area contributed by atoms with Crippen LogP contribution >= 0.6 is 0 Å². The SMILES string of the molecule is C=C[C@H]1CC[C@H]2[C@@H]3CCC4CCCC(O)[C@]4(C)[C@H]3CC[C@]12C. The molecule has 2 unspecified atom stereocenters. The average Bonchev–Trinajstić information content (AvgIpc) is 2.85. The first kappa shape index (κ1) is 15.2. The third-order valence-electron chi connectivity index (χ3n) is 9.07. The molecule has 4 fully saturated rings. The van der Waals surface area contributed by atoms with Gasteiger partial charge < -0.3 is 5.11 Å². The summed E-state index contributed by atoms with van der Waals surface area (Å²) in [4.78, 5) is 0. The lowest BCUT2D eigenvalue weighted by molar-refractivity contribution is -0.161. The van der Waals surface area contributed by atoms with E-state index in [2.05, 4.69) is 26.5 Å². The molecule has 0 heterocycles. The smallest absolute Gasteiger partial charge is 0.0599 e. The molecule has 1 N–H and O–H groups in total. The zero-order valence-electron chi connectivity index (χ0n) is 14.6. The number of aliphatic hydroxyl groups excluding tert-OH is 1. The van der Waals surface area contributed by atoms with Crippen molar-refractivity contribution in [1.82, 2.24) is 0 Å². The zero-order valence-corrected chi connectivity index (χ0v) is 14.6. The van der Waals surface area contributed by atoms with Gasteiger partial charge in [-0.3, -0.25) is 0 Å². The summed E-state index contributed by atoms with van der Waals surface area (Å²) in [6.45, 7) is 9.15. The highest BCUT2D eigenvalue weighted by Gasteiger charge is 2.61. The maximum atomic E-state index is 10.9. The third-order valence-corrected chi connectivity index (χ3v) is 9.07. The Balaban J connectivity index is 1.66. The fourth-order valence-electron chi connectivity index (χ4n) is 7.74. The highest BCUT2D eigenvalue weighted by atomic mass is 16.3. The van der Waals surface area contributed by atoms with Crippen molar-refractivity contribution in [2.45, 2.75) is 77.7 Å². The van der Waals surface area contributed by atoms with Gasteiger partial charge in [-0.1, -0.05) is 26.3 Å². The minimum absolute atomic E-state index is 0.0417. The van der Waals surface area contributed by atoms with E-state index < -0.39 is 0 Å².